The van der Waals surface area contributed by atoms with Crippen molar-refractivity contribution in [3.8, 4) is 0 Å². The topological polar surface area (TPSA) is 212 Å². The third-order valence-corrected chi connectivity index (χ3v) is 8.15. The Kier molecular flexibility index (Phi) is 21.5. The molecule has 1 aliphatic heterocycles. The number of rotatable bonds is 25. The second-order valence-electron chi connectivity index (χ2n) is 11.5. The van der Waals surface area contributed by atoms with Gasteiger partial charge in [-0.25, -0.2) is 4.18 Å². The molecule has 260 valence electrons. The van der Waals surface area contributed by atoms with Gasteiger partial charge in [-0.3, -0.25) is 9.35 Å². The number of hydrogen-bond acceptors (Lipinski definition) is 11. The van der Waals surface area contributed by atoms with Crippen LogP contribution in [0.15, 0.2) is 12.2 Å². The molecule has 0 radical (unpaired) electrons. The Morgan fingerprint density at radius 3 is 2.09 bits per heavy atom. The molecular formula is C30H57NO12S. The number of aliphatic hydroxyl groups excluding tert-OH is 5. The Labute approximate surface area is 262 Å². The molecule has 14 heteroatoms. The molecule has 1 saturated heterocycles. The van der Waals surface area contributed by atoms with Crippen molar-refractivity contribution in [1.29, 1.82) is 0 Å². The van der Waals surface area contributed by atoms with Gasteiger partial charge in [-0.05, 0) is 32.1 Å². The lowest BCUT2D eigenvalue weighted by atomic mass is 9.99. The Morgan fingerprint density at radius 2 is 1.48 bits per heavy atom. The number of carbonyl (C=O) groups is 1. The van der Waals surface area contributed by atoms with Crippen LogP contribution in [0.3, 0.4) is 0 Å². The van der Waals surface area contributed by atoms with Crippen LogP contribution in [0.4, 0.5) is 0 Å². The van der Waals surface area contributed by atoms with E-state index < -0.39 is 78.5 Å². The van der Waals surface area contributed by atoms with Crippen molar-refractivity contribution in [2.45, 2.75) is 159 Å². The predicted molar refractivity (Wildman–Crippen MR) is 164 cm³/mol. The second kappa shape index (κ2) is 23.2. The van der Waals surface area contributed by atoms with Gasteiger partial charge in [0, 0.05) is 0 Å². The molecule has 1 aliphatic rings. The molecule has 0 saturated carbocycles. The smallest absolute Gasteiger partial charge is 0.394 e. The van der Waals surface area contributed by atoms with Crippen LogP contribution < -0.4 is 5.32 Å². The van der Waals surface area contributed by atoms with Crippen LogP contribution in [0.25, 0.3) is 0 Å². The van der Waals surface area contributed by atoms with Crippen LogP contribution in [0.2, 0.25) is 0 Å². The van der Waals surface area contributed by atoms with Crippen molar-refractivity contribution in [3.05, 3.63) is 12.2 Å². The van der Waals surface area contributed by atoms with Crippen LogP contribution in [0.1, 0.15) is 110 Å². The highest BCUT2D eigenvalue weighted by molar-refractivity contribution is 7.80. The van der Waals surface area contributed by atoms with Gasteiger partial charge in [-0.1, -0.05) is 90.2 Å². The molecule has 13 nitrogen and oxygen atoms in total. The molecule has 7 N–H and O–H groups in total. The van der Waals surface area contributed by atoms with Crippen molar-refractivity contribution in [2.24, 2.45) is 0 Å². The monoisotopic (exact) mass is 655 g/mol. The van der Waals surface area contributed by atoms with Gasteiger partial charge in [0.25, 0.3) is 0 Å². The zero-order valence-electron chi connectivity index (χ0n) is 26.3. The number of ether oxygens (including phenoxy) is 2. The summed E-state index contributed by atoms with van der Waals surface area (Å²) in [4.78, 5) is 12.8. The summed E-state index contributed by atoms with van der Waals surface area (Å²) < 4.78 is 46.9. The van der Waals surface area contributed by atoms with Crippen molar-refractivity contribution >= 4 is 16.3 Å². The van der Waals surface area contributed by atoms with Crippen molar-refractivity contribution in [3.63, 3.8) is 0 Å². The van der Waals surface area contributed by atoms with Gasteiger partial charge in [0.05, 0.1) is 25.4 Å². The van der Waals surface area contributed by atoms with Crippen molar-refractivity contribution in [2.75, 3.05) is 13.2 Å². The highest BCUT2D eigenvalue weighted by Gasteiger charge is 2.48. The van der Waals surface area contributed by atoms with Gasteiger partial charge < -0.3 is 40.3 Å². The number of nitrogens with one attached hydrogen (secondary N) is 1. The number of amides is 1. The average Bonchev–Trinajstić information content (AvgIpc) is 2.98. The SMILES string of the molecule is CCCC/C=C\CCCCCCC(O)C(=O)NC(COC1OC(CO)C(O)C(OS(=O)(=O)O)C1O)C(O)CCCCCCC. The van der Waals surface area contributed by atoms with Crippen LogP contribution >= 0.6 is 0 Å². The van der Waals surface area contributed by atoms with Gasteiger partial charge in [0.15, 0.2) is 6.29 Å². The van der Waals surface area contributed by atoms with Crippen molar-refractivity contribution < 1.29 is 57.0 Å². The van der Waals surface area contributed by atoms with Gasteiger partial charge in [0.2, 0.25) is 5.91 Å². The van der Waals surface area contributed by atoms with Gasteiger partial charge in [-0.15, -0.1) is 0 Å². The summed E-state index contributed by atoms with van der Waals surface area (Å²) in [5.41, 5.74) is 0. The predicted octanol–water partition coefficient (Wildman–Crippen LogP) is 2.28. The summed E-state index contributed by atoms with van der Waals surface area (Å²) in [7, 11) is -5.09. The van der Waals surface area contributed by atoms with Crippen LogP contribution in [-0.4, -0.2) is 107 Å². The minimum Gasteiger partial charge on any atom is -0.394 e. The molecule has 44 heavy (non-hydrogen) atoms. The maximum absolute atomic E-state index is 12.8. The van der Waals surface area contributed by atoms with E-state index in [1.807, 2.05) is 0 Å². The van der Waals surface area contributed by atoms with Gasteiger partial charge in [0.1, 0.15) is 30.5 Å². The van der Waals surface area contributed by atoms with E-state index in [1.54, 1.807) is 0 Å². The minimum absolute atomic E-state index is 0.244. The fraction of sp³-hybridized carbons (Fsp3) is 0.900. The summed E-state index contributed by atoms with van der Waals surface area (Å²) in [6.07, 6.45) is 6.50. The van der Waals surface area contributed by atoms with Gasteiger partial charge in [-0.2, -0.15) is 8.42 Å². The Hall–Kier alpha value is -1.20. The van der Waals surface area contributed by atoms with Gasteiger partial charge >= 0.3 is 10.4 Å². The van der Waals surface area contributed by atoms with Crippen LogP contribution in [-0.2, 0) is 28.9 Å². The zero-order chi connectivity index (χ0) is 33.0. The quantitative estimate of drug-likeness (QED) is 0.0429. The van der Waals surface area contributed by atoms with Crippen molar-refractivity contribution in [1.82, 2.24) is 5.32 Å². The Balaban J connectivity index is 2.74. The number of carbonyl (C=O) groups excluding carboxylic acids is 1. The molecule has 0 aromatic rings. The molecule has 0 aromatic heterocycles. The van der Waals surface area contributed by atoms with E-state index in [2.05, 4.69) is 35.5 Å². The molecule has 0 bridgehead atoms. The first-order valence-corrected chi connectivity index (χ1v) is 17.5. The fourth-order valence-corrected chi connectivity index (χ4v) is 5.48. The van der Waals surface area contributed by atoms with E-state index in [4.69, 9.17) is 14.0 Å². The number of aliphatic hydroxyl groups is 5. The lowest BCUT2D eigenvalue weighted by Gasteiger charge is -2.41. The van der Waals surface area contributed by atoms with E-state index in [0.29, 0.717) is 19.3 Å². The first-order chi connectivity index (χ1) is 20.9. The molecule has 8 unspecified atom stereocenters. The van der Waals surface area contributed by atoms with E-state index in [9.17, 15) is 38.7 Å². The van der Waals surface area contributed by atoms with E-state index in [-0.39, 0.29) is 6.42 Å². The third-order valence-electron chi connectivity index (χ3n) is 7.68. The summed E-state index contributed by atoms with van der Waals surface area (Å²) >= 11 is 0. The molecular weight excluding hydrogens is 598 g/mol. The standard InChI is InChI=1S/C30H57NO12S/c1-3-5-7-9-10-11-12-13-15-17-19-24(34)29(37)31-22(23(33)18-16-14-8-6-4-2)21-41-30-27(36)28(43-44(38,39)40)26(35)25(20-32)42-30/h9-10,22-28,30,32-36H,3-8,11-21H2,1-2H3,(H,31,37)(H,38,39,40)/b10-9-. The second-order valence-corrected chi connectivity index (χ2v) is 12.6. The summed E-state index contributed by atoms with van der Waals surface area (Å²) in [6.45, 7) is 3.04. The maximum atomic E-state index is 12.8. The molecule has 0 spiro atoms. The average molecular weight is 656 g/mol. The molecule has 0 aliphatic carbocycles. The van der Waals surface area contributed by atoms with E-state index >= 15 is 0 Å². The van der Waals surface area contributed by atoms with E-state index in [1.165, 1.54) is 12.8 Å². The molecule has 1 amide bonds. The molecule has 1 fully saturated rings. The molecule has 0 aromatic carbocycles. The van der Waals surface area contributed by atoms with E-state index in [0.717, 1.165) is 57.8 Å². The number of allylic oxidation sites excluding steroid dienone is 2. The fourth-order valence-electron chi connectivity index (χ4n) is 4.97. The number of unbranched alkanes of at least 4 members (excludes halogenated alkanes) is 10. The summed E-state index contributed by atoms with van der Waals surface area (Å²) in [6, 6.07) is -1.03. The molecule has 8 atom stereocenters. The Morgan fingerprint density at radius 1 is 0.886 bits per heavy atom. The highest BCUT2D eigenvalue weighted by Crippen LogP contribution is 2.26. The van der Waals surface area contributed by atoms with Crippen LogP contribution in [0, 0.1) is 0 Å². The number of hydrogen-bond donors (Lipinski definition) is 7. The molecule has 1 rings (SSSR count). The normalized spacial score (nSPS) is 24.8. The summed E-state index contributed by atoms with van der Waals surface area (Å²) in [5, 5.41) is 54.3. The maximum Gasteiger partial charge on any atom is 0.397 e. The lowest BCUT2D eigenvalue weighted by Crippen LogP contribution is -2.61. The lowest BCUT2D eigenvalue weighted by molar-refractivity contribution is -0.298. The largest absolute Gasteiger partial charge is 0.397 e. The Bertz CT molecular complexity index is 889. The summed E-state index contributed by atoms with van der Waals surface area (Å²) in [5.74, 6) is -0.691. The molecule has 1 heterocycles. The first kappa shape index (κ1) is 40.8. The van der Waals surface area contributed by atoms with Crippen LogP contribution in [0.5, 0.6) is 0 Å². The first-order valence-electron chi connectivity index (χ1n) is 16.2. The third kappa shape index (κ3) is 16.9. The minimum atomic E-state index is -5.09. The highest BCUT2D eigenvalue weighted by atomic mass is 32.3. The zero-order valence-corrected chi connectivity index (χ0v) is 27.2.